The van der Waals surface area contributed by atoms with E-state index < -0.39 is 12.3 Å². The lowest BCUT2D eigenvalue weighted by molar-refractivity contribution is -0.121. The molecule has 2 aliphatic rings. The lowest BCUT2D eigenvalue weighted by atomic mass is 10.0. The molecule has 3 N–H and O–H groups in total. The lowest BCUT2D eigenvalue weighted by Crippen LogP contribution is -2.37. The zero-order chi connectivity index (χ0) is 35.1. The number of fused-ring (bicyclic) bond motifs is 1. The molecule has 2 heterocycles. The number of hydrogen-bond acceptors (Lipinski definition) is 13. The second-order valence-electron chi connectivity index (χ2n) is 12.3. The Morgan fingerprint density at radius 1 is 0.917 bits per heavy atom. The largest absolute Gasteiger partial charge is 0.381 e. The highest BCUT2D eigenvalue weighted by molar-refractivity contribution is 8.07. The Morgan fingerprint density at radius 2 is 1.50 bits per heavy atom. The predicted molar refractivity (Wildman–Crippen MR) is 189 cm³/mol. The first-order valence-corrected chi connectivity index (χ1v) is 20.6. The van der Waals surface area contributed by atoms with E-state index in [4.69, 9.17) is 53.8 Å². The van der Waals surface area contributed by atoms with Crippen molar-refractivity contribution in [3.05, 3.63) is 0 Å². The Labute approximate surface area is 296 Å². The average Bonchev–Trinajstić information content (AvgIpc) is 3.58. The van der Waals surface area contributed by atoms with Gasteiger partial charge in [0, 0.05) is 37.7 Å². The first-order valence-electron chi connectivity index (χ1n) is 17.0. The van der Waals surface area contributed by atoms with E-state index in [0.717, 1.165) is 18.6 Å². The van der Waals surface area contributed by atoms with Crippen molar-refractivity contribution in [2.75, 3.05) is 98.7 Å². The fourth-order valence-corrected chi connectivity index (χ4v) is 9.04. The van der Waals surface area contributed by atoms with Crippen molar-refractivity contribution in [1.82, 2.24) is 16.0 Å². The number of hydrogen-bond donors (Lipinski definition) is 3. The minimum absolute atomic E-state index is 0.0189. The molecule has 2 aliphatic heterocycles. The minimum Gasteiger partial charge on any atom is -0.381 e. The van der Waals surface area contributed by atoms with Crippen LogP contribution < -0.4 is 16.0 Å². The molecule has 14 nitrogen and oxygen atoms in total. The van der Waals surface area contributed by atoms with Crippen LogP contribution in [0.2, 0.25) is 0 Å². The molecule has 0 saturated carbocycles. The number of urea groups is 1. The number of rotatable bonds is 30. The Kier molecular flexibility index (Phi) is 23.0. The van der Waals surface area contributed by atoms with E-state index in [1.54, 1.807) is 7.11 Å². The van der Waals surface area contributed by atoms with Crippen LogP contribution in [0.4, 0.5) is 4.79 Å². The summed E-state index contributed by atoms with van der Waals surface area (Å²) in [6.07, 6.45) is 3.22. The number of carbonyl (C=O) groups excluding carboxylic acids is 2. The van der Waals surface area contributed by atoms with Crippen molar-refractivity contribution in [2.45, 2.75) is 88.8 Å². The van der Waals surface area contributed by atoms with Gasteiger partial charge < -0.3 is 57.9 Å². The van der Waals surface area contributed by atoms with E-state index in [1.165, 1.54) is 0 Å². The first-order chi connectivity index (χ1) is 23.0. The van der Waals surface area contributed by atoms with Crippen LogP contribution in [0.25, 0.3) is 0 Å². The van der Waals surface area contributed by atoms with Gasteiger partial charge in [-0.3, -0.25) is 4.79 Å². The minimum atomic E-state index is -3.04. The van der Waals surface area contributed by atoms with Crippen LogP contribution in [0.5, 0.6) is 0 Å². The van der Waals surface area contributed by atoms with E-state index >= 15 is 0 Å². The molecule has 5 atom stereocenters. The highest BCUT2D eigenvalue weighted by atomic mass is 32.5. The van der Waals surface area contributed by atoms with Crippen LogP contribution in [0.3, 0.4) is 0 Å². The van der Waals surface area contributed by atoms with Gasteiger partial charge in [0.25, 0.3) is 0 Å². The molecule has 282 valence electrons. The van der Waals surface area contributed by atoms with Crippen LogP contribution in [0.15, 0.2) is 0 Å². The van der Waals surface area contributed by atoms with Gasteiger partial charge in [0.1, 0.15) is 0 Å². The number of methoxy groups -OCH3 is 1. The summed E-state index contributed by atoms with van der Waals surface area (Å²) in [6.45, 7) is 10.7. The van der Waals surface area contributed by atoms with Gasteiger partial charge in [0.2, 0.25) is 5.91 Å². The number of thioether (sulfide) groups is 1. The smallest absolute Gasteiger partial charge is 0.327 e. The molecule has 0 aliphatic carbocycles. The summed E-state index contributed by atoms with van der Waals surface area (Å²) in [5, 5.41) is 9.28. The molecule has 0 radical (unpaired) electrons. The molecule has 48 heavy (non-hydrogen) atoms. The summed E-state index contributed by atoms with van der Waals surface area (Å²) in [5.74, 6) is 0.937. The van der Waals surface area contributed by atoms with Crippen molar-refractivity contribution in [2.24, 2.45) is 0 Å². The van der Waals surface area contributed by atoms with E-state index in [0.29, 0.717) is 104 Å². The zero-order valence-corrected chi connectivity index (χ0v) is 32.0. The topological polar surface area (TPSA) is 153 Å². The molecule has 0 aromatic rings. The van der Waals surface area contributed by atoms with Crippen molar-refractivity contribution >= 4 is 42.2 Å². The van der Waals surface area contributed by atoms with Gasteiger partial charge in [0.05, 0.1) is 96.5 Å². The molecule has 5 unspecified atom stereocenters. The molecule has 0 aromatic carbocycles. The summed E-state index contributed by atoms with van der Waals surface area (Å²) in [6, 6.07) is 0.272. The van der Waals surface area contributed by atoms with Gasteiger partial charge in [-0.15, -0.1) is 0 Å². The standard InChI is InChI=1S/C31H60N3O11PS2/c1-6-38-14-15-39-16-17-40-18-19-41-20-21-42-22-23-44-46(47,45-31(2,3)4)43-13-11-25(37-5)10-12-32-28(35)9-7-8-27-29-26(24-48-27)33-30(36)34-29/h25-27,29H,6-24H2,1-5H3,(H,32,35)(H2,33,34,36). The zero-order valence-electron chi connectivity index (χ0n) is 29.5. The lowest BCUT2D eigenvalue weighted by Gasteiger charge is -2.29. The van der Waals surface area contributed by atoms with Crippen LogP contribution in [-0.2, 0) is 58.6 Å². The predicted octanol–water partition coefficient (Wildman–Crippen LogP) is 3.41. The summed E-state index contributed by atoms with van der Waals surface area (Å²) in [7, 11) is 1.64. The van der Waals surface area contributed by atoms with Gasteiger partial charge in [-0.25, -0.2) is 4.79 Å². The molecular weight excluding hydrogens is 685 g/mol. The molecule has 2 saturated heterocycles. The van der Waals surface area contributed by atoms with Crippen LogP contribution >= 0.6 is 18.5 Å². The Balaban J connectivity index is 1.52. The summed E-state index contributed by atoms with van der Waals surface area (Å²) in [5.41, 5.74) is -0.549. The fourth-order valence-electron chi connectivity index (χ4n) is 4.90. The molecule has 2 rings (SSSR count). The van der Waals surface area contributed by atoms with Crippen molar-refractivity contribution in [3.8, 4) is 0 Å². The Bertz CT molecular complexity index is 935. The van der Waals surface area contributed by atoms with Gasteiger partial charge in [-0.1, -0.05) is 0 Å². The van der Waals surface area contributed by atoms with Crippen molar-refractivity contribution in [1.29, 1.82) is 0 Å². The van der Waals surface area contributed by atoms with Crippen LogP contribution in [0.1, 0.15) is 59.8 Å². The molecule has 3 amide bonds. The fraction of sp³-hybridized carbons (Fsp3) is 0.935. The van der Waals surface area contributed by atoms with E-state index in [9.17, 15) is 9.59 Å². The quantitative estimate of drug-likeness (QED) is 0.0560. The maximum atomic E-state index is 12.4. The summed E-state index contributed by atoms with van der Waals surface area (Å²) >= 11 is 7.55. The second-order valence-corrected chi connectivity index (χ2v) is 16.5. The number of carbonyl (C=O) groups is 2. The molecule has 0 spiro atoms. The highest BCUT2D eigenvalue weighted by Gasteiger charge is 2.42. The van der Waals surface area contributed by atoms with Crippen LogP contribution in [-0.4, -0.2) is 140 Å². The SMILES string of the molecule is CCOCCOCCOCCOCCOCCOP(=S)(OCCC(CCNC(=O)CCCC1SCC2NC(=O)NC21)OC)OC(C)(C)C. The summed E-state index contributed by atoms with van der Waals surface area (Å²) < 4.78 is 50.7. The monoisotopic (exact) mass is 745 g/mol. The van der Waals surface area contributed by atoms with Crippen LogP contribution in [0, 0.1) is 0 Å². The third kappa shape index (κ3) is 20.3. The molecule has 17 heteroatoms. The third-order valence-electron chi connectivity index (χ3n) is 7.20. The molecule has 2 fully saturated rings. The van der Waals surface area contributed by atoms with Gasteiger partial charge in [0.15, 0.2) is 0 Å². The number of nitrogens with one attached hydrogen (secondary N) is 3. The summed E-state index contributed by atoms with van der Waals surface area (Å²) in [4.78, 5) is 23.9. The van der Waals surface area contributed by atoms with Gasteiger partial charge >= 0.3 is 12.7 Å². The highest BCUT2D eigenvalue weighted by Crippen LogP contribution is 2.53. The Hall–Kier alpha value is -0.620. The number of amides is 3. The first kappa shape index (κ1) is 43.5. The van der Waals surface area contributed by atoms with E-state index in [1.807, 2.05) is 39.5 Å². The van der Waals surface area contributed by atoms with Gasteiger partial charge in [-0.05, 0) is 65.2 Å². The number of ether oxygens (including phenoxy) is 6. The maximum absolute atomic E-state index is 12.4. The second kappa shape index (κ2) is 25.4. The average molecular weight is 746 g/mol. The van der Waals surface area contributed by atoms with Gasteiger partial charge in [-0.2, -0.15) is 11.8 Å². The van der Waals surface area contributed by atoms with E-state index in [-0.39, 0.29) is 36.7 Å². The van der Waals surface area contributed by atoms with E-state index in [2.05, 4.69) is 16.0 Å². The molecular formula is C31H60N3O11PS2. The van der Waals surface area contributed by atoms with Crippen molar-refractivity contribution < 1.29 is 51.6 Å². The molecule has 0 aromatic heterocycles. The van der Waals surface area contributed by atoms with Crippen molar-refractivity contribution in [3.63, 3.8) is 0 Å². The normalized spacial score (nSPS) is 21.0. The maximum Gasteiger partial charge on any atom is 0.327 e. The Morgan fingerprint density at radius 3 is 2.08 bits per heavy atom. The third-order valence-corrected chi connectivity index (χ3v) is 11.3. The molecule has 0 bridgehead atoms.